The van der Waals surface area contributed by atoms with Crippen molar-refractivity contribution in [3.63, 3.8) is 0 Å². The molecule has 0 radical (unpaired) electrons. The first-order chi connectivity index (χ1) is 8.29. The van der Waals surface area contributed by atoms with Crippen LogP contribution in [0.3, 0.4) is 0 Å². The van der Waals surface area contributed by atoms with Crippen LogP contribution in [0.25, 0.3) is 0 Å². The summed E-state index contributed by atoms with van der Waals surface area (Å²) < 4.78 is 38.3. The fourth-order valence-electron chi connectivity index (χ4n) is 1.73. The van der Waals surface area contributed by atoms with E-state index < -0.39 is 11.7 Å². The molecule has 2 N–H and O–H groups in total. The van der Waals surface area contributed by atoms with E-state index in [9.17, 15) is 13.2 Å². The smallest absolute Gasteiger partial charge is 0.398 e. The van der Waals surface area contributed by atoms with Gasteiger partial charge in [0.05, 0.1) is 5.56 Å². The standard InChI is InChI=1S/C12H16ClF3N2/c1-3-18(4-2)7-8-5-9(13)6-10(11(8)17)12(14,15)16/h5-6H,3-4,7,17H2,1-2H3. The molecular formula is C12H16ClF3N2. The van der Waals surface area contributed by atoms with Crippen LogP contribution in [-0.4, -0.2) is 18.0 Å². The molecule has 0 heterocycles. The average Bonchev–Trinajstić information content (AvgIpc) is 2.28. The molecule has 2 nitrogen and oxygen atoms in total. The molecule has 0 saturated heterocycles. The molecule has 1 aromatic carbocycles. The van der Waals surface area contributed by atoms with Crippen LogP contribution < -0.4 is 5.73 Å². The second-order valence-corrected chi connectivity index (χ2v) is 4.42. The van der Waals surface area contributed by atoms with E-state index in [2.05, 4.69) is 0 Å². The topological polar surface area (TPSA) is 29.3 Å². The summed E-state index contributed by atoms with van der Waals surface area (Å²) in [6.45, 7) is 5.72. The molecule has 1 rings (SSSR count). The van der Waals surface area contributed by atoms with Crippen LogP contribution in [0.5, 0.6) is 0 Å². The first kappa shape index (κ1) is 15.1. The van der Waals surface area contributed by atoms with Crippen LogP contribution in [0.2, 0.25) is 5.02 Å². The number of hydrogen-bond donors (Lipinski definition) is 1. The highest BCUT2D eigenvalue weighted by Crippen LogP contribution is 2.37. The van der Waals surface area contributed by atoms with Crippen molar-refractivity contribution in [2.24, 2.45) is 0 Å². The molecule has 0 aromatic heterocycles. The summed E-state index contributed by atoms with van der Waals surface area (Å²) in [5, 5.41) is 0.0543. The highest BCUT2D eigenvalue weighted by Gasteiger charge is 2.34. The fourth-order valence-corrected chi connectivity index (χ4v) is 1.97. The van der Waals surface area contributed by atoms with Gasteiger partial charge in [-0.25, -0.2) is 0 Å². The molecule has 0 amide bonds. The van der Waals surface area contributed by atoms with Crippen molar-refractivity contribution in [1.29, 1.82) is 0 Å². The number of benzene rings is 1. The van der Waals surface area contributed by atoms with Gasteiger partial charge in [-0.15, -0.1) is 0 Å². The molecule has 0 fully saturated rings. The third kappa shape index (κ3) is 3.53. The maximum Gasteiger partial charge on any atom is 0.418 e. The summed E-state index contributed by atoms with van der Waals surface area (Å²) in [5.41, 5.74) is 4.91. The summed E-state index contributed by atoms with van der Waals surface area (Å²) >= 11 is 5.72. The van der Waals surface area contributed by atoms with Gasteiger partial charge in [0.1, 0.15) is 0 Å². The first-order valence-electron chi connectivity index (χ1n) is 5.67. The SMILES string of the molecule is CCN(CC)Cc1cc(Cl)cc(C(F)(F)F)c1N. The Morgan fingerprint density at radius 3 is 2.22 bits per heavy atom. The lowest BCUT2D eigenvalue weighted by Gasteiger charge is -2.21. The molecule has 0 aliphatic heterocycles. The van der Waals surface area contributed by atoms with Gasteiger partial charge in [-0.3, -0.25) is 4.90 Å². The average molecular weight is 281 g/mol. The number of alkyl halides is 3. The zero-order valence-corrected chi connectivity index (χ0v) is 11.1. The minimum atomic E-state index is -4.48. The quantitative estimate of drug-likeness (QED) is 0.851. The van der Waals surface area contributed by atoms with E-state index in [1.807, 2.05) is 18.7 Å². The van der Waals surface area contributed by atoms with Crippen LogP contribution in [0.1, 0.15) is 25.0 Å². The van der Waals surface area contributed by atoms with Crippen molar-refractivity contribution >= 4 is 17.3 Å². The van der Waals surface area contributed by atoms with Crippen LogP contribution in [0.4, 0.5) is 18.9 Å². The largest absolute Gasteiger partial charge is 0.418 e. The lowest BCUT2D eigenvalue weighted by atomic mass is 10.1. The molecule has 18 heavy (non-hydrogen) atoms. The Balaban J connectivity index is 3.17. The number of nitrogens with two attached hydrogens (primary N) is 1. The van der Waals surface area contributed by atoms with Gasteiger partial charge < -0.3 is 5.73 Å². The summed E-state index contributed by atoms with van der Waals surface area (Å²) in [5.74, 6) is 0. The zero-order valence-electron chi connectivity index (χ0n) is 10.3. The van der Waals surface area contributed by atoms with E-state index in [1.165, 1.54) is 6.07 Å². The predicted octanol–water partition coefficient (Wildman–Crippen LogP) is 3.78. The molecule has 6 heteroatoms. The van der Waals surface area contributed by atoms with Crippen molar-refractivity contribution in [2.75, 3.05) is 18.8 Å². The van der Waals surface area contributed by atoms with E-state index in [1.54, 1.807) is 0 Å². The second-order valence-electron chi connectivity index (χ2n) is 3.99. The van der Waals surface area contributed by atoms with Crippen molar-refractivity contribution in [3.05, 3.63) is 28.3 Å². The van der Waals surface area contributed by atoms with Gasteiger partial charge in [-0.1, -0.05) is 25.4 Å². The summed E-state index contributed by atoms with van der Waals surface area (Å²) in [4.78, 5) is 1.97. The van der Waals surface area contributed by atoms with Crippen LogP contribution in [0.15, 0.2) is 12.1 Å². The molecule has 0 aliphatic rings. The van der Waals surface area contributed by atoms with Gasteiger partial charge in [0.15, 0.2) is 0 Å². The molecule has 0 saturated carbocycles. The minimum absolute atomic E-state index is 0.0543. The Labute approximate surface area is 110 Å². The van der Waals surface area contributed by atoms with Crippen molar-refractivity contribution < 1.29 is 13.2 Å². The van der Waals surface area contributed by atoms with E-state index in [0.717, 1.165) is 19.2 Å². The number of rotatable bonds is 4. The lowest BCUT2D eigenvalue weighted by molar-refractivity contribution is -0.136. The molecule has 0 aliphatic carbocycles. The highest BCUT2D eigenvalue weighted by molar-refractivity contribution is 6.30. The van der Waals surface area contributed by atoms with E-state index >= 15 is 0 Å². The molecule has 1 aromatic rings. The normalized spacial score (nSPS) is 12.2. The highest BCUT2D eigenvalue weighted by atomic mass is 35.5. The Bertz CT molecular complexity index is 415. The molecule has 0 unspecified atom stereocenters. The van der Waals surface area contributed by atoms with Crippen molar-refractivity contribution in [2.45, 2.75) is 26.6 Å². The van der Waals surface area contributed by atoms with E-state index in [-0.39, 0.29) is 10.7 Å². The van der Waals surface area contributed by atoms with Gasteiger partial charge in [-0.2, -0.15) is 13.2 Å². The molecule has 0 spiro atoms. The van der Waals surface area contributed by atoms with Crippen LogP contribution in [0, 0.1) is 0 Å². The maximum atomic E-state index is 12.8. The minimum Gasteiger partial charge on any atom is -0.398 e. The summed E-state index contributed by atoms with van der Waals surface area (Å²) in [6, 6.07) is 2.35. The Hall–Kier alpha value is -0.940. The molecule has 0 atom stereocenters. The number of halogens is 4. The predicted molar refractivity (Wildman–Crippen MR) is 67.5 cm³/mol. The second kappa shape index (κ2) is 5.80. The Morgan fingerprint density at radius 1 is 1.22 bits per heavy atom. The summed E-state index contributed by atoms with van der Waals surface area (Å²) in [6.07, 6.45) is -4.48. The monoisotopic (exact) mass is 280 g/mol. The van der Waals surface area contributed by atoms with Crippen molar-refractivity contribution in [1.82, 2.24) is 4.90 Å². The summed E-state index contributed by atoms with van der Waals surface area (Å²) in [7, 11) is 0. The molecule has 102 valence electrons. The van der Waals surface area contributed by atoms with E-state index in [0.29, 0.717) is 12.1 Å². The van der Waals surface area contributed by atoms with Gasteiger partial charge in [0, 0.05) is 17.3 Å². The van der Waals surface area contributed by atoms with Gasteiger partial charge in [0.2, 0.25) is 0 Å². The first-order valence-corrected chi connectivity index (χ1v) is 6.04. The third-order valence-electron chi connectivity index (χ3n) is 2.82. The van der Waals surface area contributed by atoms with Crippen LogP contribution >= 0.6 is 11.6 Å². The van der Waals surface area contributed by atoms with Crippen LogP contribution in [-0.2, 0) is 12.7 Å². The Kier molecular flexibility index (Phi) is 4.87. The fraction of sp³-hybridized carbons (Fsp3) is 0.500. The van der Waals surface area contributed by atoms with Gasteiger partial charge in [-0.05, 0) is 30.8 Å². The number of nitrogen functional groups attached to an aromatic ring is 1. The molecular weight excluding hydrogens is 265 g/mol. The molecule has 0 bridgehead atoms. The number of nitrogens with zero attached hydrogens (tertiary/aromatic N) is 1. The zero-order chi connectivity index (χ0) is 13.9. The number of hydrogen-bond acceptors (Lipinski definition) is 2. The number of anilines is 1. The maximum absolute atomic E-state index is 12.8. The van der Waals surface area contributed by atoms with Crippen molar-refractivity contribution in [3.8, 4) is 0 Å². The van der Waals surface area contributed by atoms with Gasteiger partial charge in [0.25, 0.3) is 0 Å². The third-order valence-corrected chi connectivity index (χ3v) is 3.04. The van der Waals surface area contributed by atoms with E-state index in [4.69, 9.17) is 17.3 Å². The lowest BCUT2D eigenvalue weighted by Crippen LogP contribution is -2.23. The van der Waals surface area contributed by atoms with Gasteiger partial charge >= 0.3 is 6.18 Å². The Morgan fingerprint density at radius 2 is 1.78 bits per heavy atom.